The number of aromatic nitrogens is 2. The molecule has 5 heteroatoms. The summed E-state index contributed by atoms with van der Waals surface area (Å²) in [6, 6.07) is 0.624. The van der Waals surface area contributed by atoms with Gasteiger partial charge in [-0.3, -0.25) is 0 Å². The van der Waals surface area contributed by atoms with Crippen LogP contribution in [0, 0.1) is 0 Å². The Morgan fingerprint density at radius 3 is 2.62 bits per heavy atom. The maximum Gasteiger partial charge on any atom is 0.225 e. The molecule has 1 aromatic heterocycles. The molecule has 0 bridgehead atoms. The first-order valence-electron chi connectivity index (χ1n) is 5.49. The molecule has 0 N–H and O–H groups in total. The van der Waals surface area contributed by atoms with Gasteiger partial charge in [0.25, 0.3) is 0 Å². The van der Waals surface area contributed by atoms with Crippen molar-refractivity contribution in [2.24, 2.45) is 0 Å². The maximum atomic E-state index is 4.39. The van der Waals surface area contributed by atoms with Crippen LogP contribution in [0.4, 0.5) is 5.95 Å². The highest BCUT2D eigenvalue weighted by atomic mass is 79.9. The predicted molar refractivity (Wildman–Crippen MR) is 69.0 cm³/mol. The third-order valence-corrected chi connectivity index (χ3v) is 3.67. The standard InChI is InChI=1S/C11H17BrN4/c1-15(2)10-3-4-16(8-10)11-13-6-9(5-12)7-14-11/h6-7,10H,3-5,8H2,1-2H3. The number of nitrogens with zero attached hydrogens (tertiary/aromatic N) is 4. The summed E-state index contributed by atoms with van der Waals surface area (Å²) in [5.41, 5.74) is 1.12. The smallest absolute Gasteiger partial charge is 0.225 e. The molecule has 0 aromatic carbocycles. The summed E-state index contributed by atoms with van der Waals surface area (Å²) in [4.78, 5) is 13.3. The summed E-state index contributed by atoms with van der Waals surface area (Å²) in [6.07, 6.45) is 4.97. The average Bonchev–Trinajstić information content (AvgIpc) is 2.78. The van der Waals surface area contributed by atoms with Gasteiger partial charge >= 0.3 is 0 Å². The van der Waals surface area contributed by atoms with Crippen molar-refractivity contribution in [1.29, 1.82) is 0 Å². The highest BCUT2D eigenvalue weighted by Crippen LogP contribution is 2.18. The highest BCUT2D eigenvalue weighted by molar-refractivity contribution is 9.08. The van der Waals surface area contributed by atoms with Crippen LogP contribution in [0.5, 0.6) is 0 Å². The molecule has 1 unspecified atom stereocenters. The molecule has 2 heterocycles. The van der Waals surface area contributed by atoms with E-state index in [2.05, 4.69) is 49.8 Å². The highest BCUT2D eigenvalue weighted by Gasteiger charge is 2.25. The summed E-state index contributed by atoms with van der Waals surface area (Å²) in [7, 11) is 4.26. The molecule has 0 aliphatic carbocycles. The van der Waals surface area contributed by atoms with Crippen molar-refractivity contribution in [3.05, 3.63) is 18.0 Å². The predicted octanol–water partition coefficient (Wildman–Crippen LogP) is 1.51. The molecule has 88 valence electrons. The molecule has 0 radical (unpaired) electrons. The van der Waals surface area contributed by atoms with Crippen molar-refractivity contribution >= 4 is 21.9 Å². The first-order chi connectivity index (χ1) is 7.70. The molecule has 0 saturated carbocycles. The van der Waals surface area contributed by atoms with Crippen LogP contribution in [-0.4, -0.2) is 48.1 Å². The monoisotopic (exact) mass is 284 g/mol. The van der Waals surface area contributed by atoms with E-state index in [1.54, 1.807) is 0 Å². The Balaban J connectivity index is 2.03. The molecule has 0 spiro atoms. The fraction of sp³-hybridized carbons (Fsp3) is 0.636. The molecule has 0 amide bonds. The molecule has 1 atom stereocenters. The van der Waals surface area contributed by atoms with E-state index in [1.807, 2.05) is 12.4 Å². The topological polar surface area (TPSA) is 32.3 Å². The Bertz CT molecular complexity index is 338. The molecule has 1 saturated heterocycles. The summed E-state index contributed by atoms with van der Waals surface area (Å²) < 4.78 is 0. The largest absolute Gasteiger partial charge is 0.339 e. The Morgan fingerprint density at radius 1 is 1.44 bits per heavy atom. The van der Waals surface area contributed by atoms with E-state index >= 15 is 0 Å². The van der Waals surface area contributed by atoms with E-state index in [4.69, 9.17) is 0 Å². The Labute approximate surface area is 105 Å². The van der Waals surface area contributed by atoms with Crippen LogP contribution in [0.3, 0.4) is 0 Å². The summed E-state index contributed by atoms with van der Waals surface area (Å²) in [5, 5.41) is 0.813. The van der Waals surface area contributed by atoms with E-state index in [0.717, 1.165) is 29.9 Å². The SMILES string of the molecule is CN(C)C1CCN(c2ncc(CBr)cn2)C1. The molecular weight excluding hydrogens is 268 g/mol. The second-order valence-corrected chi connectivity index (χ2v) is 4.94. The van der Waals surface area contributed by atoms with E-state index in [-0.39, 0.29) is 0 Å². The van der Waals surface area contributed by atoms with E-state index in [1.165, 1.54) is 6.42 Å². The molecule has 2 rings (SSSR count). The van der Waals surface area contributed by atoms with Gasteiger partial charge in [0.2, 0.25) is 5.95 Å². The molecule has 1 aromatic rings. The first-order valence-corrected chi connectivity index (χ1v) is 6.61. The third-order valence-electron chi connectivity index (χ3n) is 3.02. The molecule has 1 aliphatic heterocycles. The number of hydrogen-bond acceptors (Lipinski definition) is 4. The van der Waals surface area contributed by atoms with Crippen LogP contribution < -0.4 is 4.90 Å². The molecular formula is C11H17BrN4. The van der Waals surface area contributed by atoms with Crippen molar-refractivity contribution in [1.82, 2.24) is 14.9 Å². The number of likely N-dealkylation sites (N-methyl/N-ethyl adjacent to an activating group) is 1. The number of anilines is 1. The van der Waals surface area contributed by atoms with E-state index in [9.17, 15) is 0 Å². The minimum atomic E-state index is 0.624. The van der Waals surface area contributed by atoms with Crippen LogP contribution in [-0.2, 0) is 5.33 Å². The lowest BCUT2D eigenvalue weighted by Crippen LogP contribution is -2.32. The van der Waals surface area contributed by atoms with Crippen LogP contribution in [0.2, 0.25) is 0 Å². The number of halogens is 1. The summed E-state index contributed by atoms with van der Waals surface area (Å²) >= 11 is 3.39. The number of alkyl halides is 1. The Hall–Kier alpha value is -0.680. The average molecular weight is 285 g/mol. The summed E-state index contributed by atoms with van der Waals surface area (Å²) in [5.74, 6) is 0.856. The lowest BCUT2D eigenvalue weighted by atomic mass is 10.2. The zero-order valence-electron chi connectivity index (χ0n) is 9.73. The van der Waals surface area contributed by atoms with Gasteiger partial charge < -0.3 is 9.80 Å². The van der Waals surface area contributed by atoms with Gasteiger partial charge in [-0.15, -0.1) is 0 Å². The van der Waals surface area contributed by atoms with Gasteiger partial charge in [0.15, 0.2) is 0 Å². The van der Waals surface area contributed by atoms with E-state index in [0.29, 0.717) is 6.04 Å². The number of hydrogen-bond donors (Lipinski definition) is 0. The van der Waals surface area contributed by atoms with Gasteiger partial charge in [0.1, 0.15) is 0 Å². The maximum absolute atomic E-state index is 4.39. The quantitative estimate of drug-likeness (QED) is 0.788. The van der Waals surface area contributed by atoms with Crippen molar-refractivity contribution in [2.45, 2.75) is 17.8 Å². The van der Waals surface area contributed by atoms with Crippen LogP contribution in [0.15, 0.2) is 12.4 Å². The minimum absolute atomic E-state index is 0.624. The van der Waals surface area contributed by atoms with Gasteiger partial charge in [-0.2, -0.15) is 0 Å². The first kappa shape index (κ1) is 11.8. The van der Waals surface area contributed by atoms with Crippen LogP contribution >= 0.6 is 15.9 Å². The zero-order valence-corrected chi connectivity index (χ0v) is 11.3. The third kappa shape index (κ3) is 2.52. The van der Waals surface area contributed by atoms with Crippen molar-refractivity contribution in [3.63, 3.8) is 0 Å². The van der Waals surface area contributed by atoms with E-state index < -0.39 is 0 Å². The van der Waals surface area contributed by atoms with Crippen molar-refractivity contribution in [2.75, 3.05) is 32.1 Å². The lowest BCUT2D eigenvalue weighted by molar-refractivity contribution is 0.315. The molecule has 4 nitrogen and oxygen atoms in total. The lowest BCUT2D eigenvalue weighted by Gasteiger charge is -2.20. The van der Waals surface area contributed by atoms with Crippen LogP contribution in [0.1, 0.15) is 12.0 Å². The number of rotatable bonds is 3. The van der Waals surface area contributed by atoms with Gasteiger partial charge in [0.05, 0.1) is 0 Å². The van der Waals surface area contributed by atoms with Crippen molar-refractivity contribution < 1.29 is 0 Å². The normalized spacial score (nSPS) is 20.8. The fourth-order valence-corrected chi connectivity index (χ4v) is 2.21. The van der Waals surface area contributed by atoms with Gasteiger partial charge in [-0.25, -0.2) is 9.97 Å². The van der Waals surface area contributed by atoms with Crippen molar-refractivity contribution in [3.8, 4) is 0 Å². The Kier molecular flexibility index (Phi) is 3.76. The van der Waals surface area contributed by atoms with Gasteiger partial charge in [-0.1, -0.05) is 15.9 Å². The zero-order chi connectivity index (χ0) is 11.5. The Morgan fingerprint density at radius 2 is 2.12 bits per heavy atom. The van der Waals surface area contributed by atoms with Gasteiger partial charge in [-0.05, 0) is 26.1 Å². The molecule has 1 aliphatic rings. The minimum Gasteiger partial charge on any atom is -0.339 e. The van der Waals surface area contributed by atoms with Gasteiger partial charge in [0, 0.05) is 36.9 Å². The second-order valence-electron chi connectivity index (χ2n) is 4.38. The van der Waals surface area contributed by atoms with Crippen LogP contribution in [0.25, 0.3) is 0 Å². The second kappa shape index (κ2) is 5.10. The summed E-state index contributed by atoms with van der Waals surface area (Å²) in [6.45, 7) is 2.08. The fourth-order valence-electron chi connectivity index (χ4n) is 1.93. The molecule has 16 heavy (non-hydrogen) atoms. The molecule has 1 fully saturated rings.